The molecule has 1 aromatic heterocycles. The van der Waals surface area contributed by atoms with E-state index in [1.165, 1.54) is 23.5 Å². The molecular weight excluding hydrogens is 464 g/mol. The summed E-state index contributed by atoms with van der Waals surface area (Å²) in [5.74, 6) is 0. The largest absolute Gasteiger partial charge is 0.237 e. The van der Waals surface area contributed by atoms with Gasteiger partial charge >= 0.3 is 0 Å². The molecule has 0 bridgehead atoms. The fourth-order valence-electron chi connectivity index (χ4n) is 2.04. The van der Waals surface area contributed by atoms with Gasteiger partial charge in [0.25, 0.3) is 0 Å². The predicted octanol–water partition coefficient (Wildman–Crippen LogP) is 4.22. The van der Waals surface area contributed by atoms with Crippen molar-refractivity contribution in [3.05, 3.63) is 36.4 Å². The van der Waals surface area contributed by atoms with E-state index in [4.69, 9.17) is 0 Å². The van der Waals surface area contributed by atoms with Crippen LogP contribution in [0.5, 0.6) is 0 Å². The molecule has 21 heavy (non-hydrogen) atoms. The minimum absolute atomic E-state index is 0.141. The van der Waals surface area contributed by atoms with Crippen LogP contribution >= 0.6 is 41.0 Å². The molecule has 0 saturated heterocycles. The Morgan fingerprint density at radius 1 is 0.714 bits per heavy atom. The van der Waals surface area contributed by atoms with Gasteiger partial charge in [-0.15, -0.1) is 11.3 Å². The fraction of sp³-hybridized carbons (Fsp3) is 0. The van der Waals surface area contributed by atoms with Gasteiger partial charge in [-0.05, 0) is 36.4 Å². The summed E-state index contributed by atoms with van der Waals surface area (Å²) in [6.45, 7) is 0. The first kappa shape index (κ1) is 15.4. The van der Waals surface area contributed by atoms with Crippen molar-refractivity contribution in [2.24, 2.45) is 0 Å². The molecule has 3 aromatic rings. The molecule has 0 fully saturated rings. The van der Waals surface area contributed by atoms with Gasteiger partial charge in [0.1, 0.15) is 0 Å². The lowest BCUT2D eigenvalue weighted by molar-refractivity contribution is 0.610. The van der Waals surface area contributed by atoms with E-state index in [0.717, 1.165) is 9.40 Å². The number of hydrogen-bond acceptors (Lipinski definition) is 5. The molecule has 0 unspecified atom stereocenters. The van der Waals surface area contributed by atoms with Gasteiger partial charge in [0.2, 0.25) is 16.5 Å². The summed E-state index contributed by atoms with van der Waals surface area (Å²) in [5, 5.41) is 1.43. The Kier molecular flexibility index (Phi) is 3.69. The highest BCUT2D eigenvalue weighted by molar-refractivity contribution is 9.47. The minimum atomic E-state index is -3.49. The third-order valence-electron chi connectivity index (χ3n) is 2.98. The molecule has 9 heteroatoms. The number of rotatable bonds is 2. The van der Waals surface area contributed by atoms with Gasteiger partial charge < -0.3 is 0 Å². The Balaban J connectivity index is 2.42. The molecule has 3 rings (SSSR count). The monoisotopic (exact) mass is 468 g/mol. The zero-order valence-corrected chi connectivity index (χ0v) is 15.7. The summed E-state index contributed by atoms with van der Waals surface area (Å²) in [5.41, 5.74) is 0. The zero-order valence-electron chi connectivity index (χ0n) is 10.1. The molecule has 0 atom stereocenters. The van der Waals surface area contributed by atoms with Gasteiger partial charge in [-0.25, -0.2) is 16.8 Å². The molecule has 0 saturated carbocycles. The van der Waals surface area contributed by atoms with E-state index >= 15 is 0 Å². The summed E-state index contributed by atoms with van der Waals surface area (Å²) >= 11 is 6.77. The number of fused-ring (bicyclic) bond motifs is 3. The quantitative estimate of drug-likeness (QED) is 0.527. The van der Waals surface area contributed by atoms with Crippen LogP contribution in [0.4, 0.5) is 0 Å². The molecule has 2 aromatic carbocycles. The van der Waals surface area contributed by atoms with E-state index in [9.17, 15) is 16.8 Å². The topological polar surface area (TPSA) is 68.3 Å². The van der Waals surface area contributed by atoms with Crippen molar-refractivity contribution in [2.45, 2.75) is 9.79 Å². The Morgan fingerprint density at radius 2 is 1.10 bits per heavy atom. The van der Waals surface area contributed by atoms with Gasteiger partial charge in [0.05, 0.1) is 39.4 Å². The van der Waals surface area contributed by atoms with Gasteiger partial charge in [-0.2, -0.15) is 0 Å². The van der Waals surface area contributed by atoms with Crippen molar-refractivity contribution in [3.63, 3.8) is 0 Å². The van der Waals surface area contributed by atoms with E-state index in [1.54, 1.807) is 24.3 Å². The van der Waals surface area contributed by atoms with Gasteiger partial charge in [0, 0.05) is 20.2 Å². The molecule has 4 nitrogen and oxygen atoms in total. The number of benzene rings is 2. The summed E-state index contributed by atoms with van der Waals surface area (Å²) in [6.07, 6.45) is 0. The maximum Gasteiger partial charge on any atom is 0.237 e. The summed E-state index contributed by atoms with van der Waals surface area (Å²) in [7, 11) is -6.98. The van der Waals surface area contributed by atoms with Crippen LogP contribution in [0.1, 0.15) is 0 Å². The highest BCUT2D eigenvalue weighted by Gasteiger charge is 2.15. The lowest BCUT2D eigenvalue weighted by atomic mass is 10.1. The Labute approximate surface area is 140 Å². The molecule has 1 heterocycles. The second-order valence-electron chi connectivity index (χ2n) is 4.29. The van der Waals surface area contributed by atoms with Crippen molar-refractivity contribution in [1.29, 1.82) is 0 Å². The summed E-state index contributed by atoms with van der Waals surface area (Å²) in [6, 6.07) is 9.56. The lowest BCUT2D eigenvalue weighted by Gasteiger charge is -1.99. The summed E-state index contributed by atoms with van der Waals surface area (Å²) in [4.78, 5) is 0.281. The highest BCUT2D eigenvalue weighted by atomic mass is 79.9. The second kappa shape index (κ2) is 5.02. The van der Waals surface area contributed by atoms with Crippen LogP contribution in [0.25, 0.3) is 20.2 Å². The minimum Gasteiger partial charge on any atom is -0.212 e. The first-order valence-corrected chi connectivity index (χ1v) is 13.0. The van der Waals surface area contributed by atoms with E-state index in [1.807, 2.05) is 0 Å². The van der Waals surface area contributed by atoms with E-state index in [0.29, 0.717) is 10.8 Å². The first-order chi connectivity index (χ1) is 9.66. The fourth-order valence-corrected chi connectivity index (χ4v) is 5.29. The average molecular weight is 470 g/mol. The van der Waals surface area contributed by atoms with Crippen LogP contribution in [-0.4, -0.2) is 16.8 Å². The van der Waals surface area contributed by atoms with Crippen molar-refractivity contribution >= 4 is 77.7 Å². The molecule has 0 aliphatic heterocycles. The molecule has 0 N–H and O–H groups in total. The number of hydrogen-bond donors (Lipinski definition) is 0. The maximum absolute atomic E-state index is 11.6. The van der Waals surface area contributed by atoms with Crippen LogP contribution in [-0.2, 0) is 16.5 Å². The van der Waals surface area contributed by atoms with Gasteiger partial charge in [-0.3, -0.25) is 0 Å². The van der Waals surface area contributed by atoms with Gasteiger partial charge in [0.15, 0.2) is 0 Å². The molecule has 0 radical (unpaired) electrons. The van der Waals surface area contributed by atoms with Crippen molar-refractivity contribution in [2.75, 3.05) is 0 Å². The van der Waals surface area contributed by atoms with E-state index in [2.05, 4.69) is 29.6 Å². The molecule has 110 valence electrons. The molecule has 0 aliphatic carbocycles. The first-order valence-electron chi connectivity index (χ1n) is 5.52. The molecule has 0 spiro atoms. The normalized spacial score (nSPS) is 13.0. The molecule has 0 amide bonds. The zero-order chi connectivity index (χ0) is 15.4. The van der Waals surface area contributed by atoms with E-state index < -0.39 is 16.5 Å². The van der Waals surface area contributed by atoms with Crippen LogP contribution in [0, 0.1) is 0 Å². The van der Waals surface area contributed by atoms with Crippen molar-refractivity contribution in [3.8, 4) is 0 Å². The Morgan fingerprint density at radius 3 is 1.43 bits per heavy atom. The average Bonchev–Trinajstić information content (AvgIpc) is 2.73. The smallest absolute Gasteiger partial charge is 0.212 e. The SMILES string of the molecule is O=S(=O)(Br)c1ccc2sc3ccc(S(=O)(=O)Br)cc3c2c1. The predicted molar refractivity (Wildman–Crippen MR) is 91.6 cm³/mol. The maximum atomic E-state index is 11.6. The van der Waals surface area contributed by atoms with Crippen LogP contribution in [0.2, 0.25) is 0 Å². The second-order valence-corrected chi connectivity index (χ2v) is 13.2. The van der Waals surface area contributed by atoms with Crippen molar-refractivity contribution < 1.29 is 16.8 Å². The van der Waals surface area contributed by atoms with Gasteiger partial charge in [-0.1, -0.05) is 0 Å². The highest BCUT2D eigenvalue weighted by Crippen LogP contribution is 2.37. The van der Waals surface area contributed by atoms with Crippen LogP contribution in [0.3, 0.4) is 0 Å². The number of halogens is 2. The number of thiophene rings is 1. The van der Waals surface area contributed by atoms with Crippen LogP contribution in [0.15, 0.2) is 46.2 Å². The molecular formula is C12H6Br2O4S3. The third kappa shape index (κ3) is 2.89. The Hall–Kier alpha value is -0.480. The van der Waals surface area contributed by atoms with E-state index in [-0.39, 0.29) is 9.79 Å². The lowest BCUT2D eigenvalue weighted by Crippen LogP contribution is -1.89. The standard InChI is InChI=1S/C12H6Br2O4S3/c13-20(15,16)7-1-3-11-9(5-7)10-6-8(21(14,17)18)2-4-12(10)19-11/h1-6H. The third-order valence-corrected chi connectivity index (χ3v) is 8.00. The van der Waals surface area contributed by atoms with Crippen LogP contribution < -0.4 is 0 Å². The summed E-state index contributed by atoms with van der Waals surface area (Å²) < 4.78 is 48.1. The Bertz CT molecular complexity index is 996. The van der Waals surface area contributed by atoms with Crippen molar-refractivity contribution in [1.82, 2.24) is 0 Å². The molecule has 0 aliphatic rings.